The van der Waals surface area contributed by atoms with Crippen molar-refractivity contribution < 1.29 is 18.7 Å². The Balaban J connectivity index is 1.66. The fraction of sp³-hybridized carbons (Fsp3) is 0.360. The molecule has 0 saturated carbocycles. The normalized spacial score (nSPS) is 13.6. The lowest BCUT2D eigenvalue weighted by atomic mass is 9.97. The summed E-state index contributed by atoms with van der Waals surface area (Å²) in [5.41, 5.74) is 3.63. The number of hydrogen-bond acceptors (Lipinski definition) is 6. The van der Waals surface area contributed by atoms with Gasteiger partial charge in [0.1, 0.15) is 18.1 Å². The van der Waals surface area contributed by atoms with Gasteiger partial charge in [-0.1, -0.05) is 36.2 Å². The highest BCUT2D eigenvalue weighted by Crippen LogP contribution is 2.37. The molecule has 4 rings (SSSR count). The minimum Gasteiger partial charge on any atom is -0.477 e. The Labute approximate surface area is 202 Å². The maximum atomic E-state index is 12.1. The molecule has 0 N–H and O–H groups in total. The average molecular weight is 490 g/mol. The van der Waals surface area contributed by atoms with Crippen molar-refractivity contribution in [2.45, 2.75) is 46.2 Å². The van der Waals surface area contributed by atoms with Crippen LogP contribution in [0.1, 0.15) is 42.0 Å². The molecule has 0 atom stereocenters. The predicted octanol–water partition coefficient (Wildman–Crippen LogP) is 5.65. The molecule has 0 spiro atoms. The summed E-state index contributed by atoms with van der Waals surface area (Å²) in [6.07, 6.45) is 1.52. The van der Waals surface area contributed by atoms with E-state index in [-0.39, 0.29) is 12.4 Å². The molecule has 0 radical (unpaired) electrons. The number of carbonyl (C=O) groups is 1. The molecule has 2 heterocycles. The van der Waals surface area contributed by atoms with Crippen LogP contribution >= 0.6 is 23.2 Å². The van der Waals surface area contributed by atoms with Gasteiger partial charge in [-0.05, 0) is 54.7 Å². The van der Waals surface area contributed by atoms with Crippen LogP contribution in [0.25, 0.3) is 11.0 Å². The van der Waals surface area contributed by atoms with Crippen molar-refractivity contribution in [1.29, 1.82) is 0 Å². The van der Waals surface area contributed by atoms with Gasteiger partial charge in [0.25, 0.3) is 0 Å². The molecular weight excluding hydrogens is 465 g/mol. The molecule has 174 valence electrons. The van der Waals surface area contributed by atoms with Crippen LogP contribution in [0, 0.1) is 6.92 Å². The van der Waals surface area contributed by atoms with Crippen LogP contribution in [0.15, 0.2) is 39.5 Å². The van der Waals surface area contributed by atoms with Crippen LogP contribution in [0.5, 0.6) is 5.75 Å². The molecule has 0 amide bonds. The molecule has 0 unspecified atom stereocenters. The summed E-state index contributed by atoms with van der Waals surface area (Å²) in [7, 11) is 0. The molecule has 1 aliphatic heterocycles. The van der Waals surface area contributed by atoms with Crippen molar-refractivity contribution in [1.82, 2.24) is 4.90 Å². The van der Waals surface area contributed by atoms with E-state index in [0.29, 0.717) is 54.2 Å². The van der Waals surface area contributed by atoms with Gasteiger partial charge in [0.15, 0.2) is 0 Å². The zero-order chi connectivity index (χ0) is 23.5. The number of aryl methyl sites for hydroxylation is 2. The summed E-state index contributed by atoms with van der Waals surface area (Å²) in [5.74, 6) is 0.434. The van der Waals surface area contributed by atoms with Crippen molar-refractivity contribution in [2.75, 3.05) is 13.3 Å². The minimum absolute atomic E-state index is 0.237. The number of halogens is 2. The Bertz CT molecular complexity index is 1250. The molecule has 0 saturated heterocycles. The van der Waals surface area contributed by atoms with E-state index in [1.165, 1.54) is 6.07 Å². The van der Waals surface area contributed by atoms with Crippen molar-refractivity contribution in [3.05, 3.63) is 73.1 Å². The quantitative estimate of drug-likeness (QED) is 0.315. The third-order valence-corrected chi connectivity index (χ3v) is 6.33. The number of esters is 1. The molecule has 0 bridgehead atoms. The van der Waals surface area contributed by atoms with Crippen molar-refractivity contribution >= 4 is 40.1 Å². The molecule has 1 aliphatic rings. The lowest BCUT2D eigenvalue weighted by Crippen LogP contribution is -2.32. The van der Waals surface area contributed by atoms with Gasteiger partial charge in [0.05, 0.1) is 22.2 Å². The van der Waals surface area contributed by atoms with Gasteiger partial charge in [0, 0.05) is 31.0 Å². The van der Waals surface area contributed by atoms with E-state index in [9.17, 15) is 9.59 Å². The first-order valence-corrected chi connectivity index (χ1v) is 11.6. The first-order chi connectivity index (χ1) is 15.9. The molecule has 3 aromatic rings. The maximum Gasteiger partial charge on any atom is 0.336 e. The monoisotopic (exact) mass is 489 g/mol. The van der Waals surface area contributed by atoms with Crippen LogP contribution in [-0.2, 0) is 29.0 Å². The van der Waals surface area contributed by atoms with E-state index in [0.717, 1.165) is 34.1 Å². The van der Waals surface area contributed by atoms with Gasteiger partial charge in [-0.15, -0.1) is 0 Å². The van der Waals surface area contributed by atoms with Crippen molar-refractivity contribution in [2.24, 2.45) is 0 Å². The fourth-order valence-electron chi connectivity index (χ4n) is 4.02. The lowest BCUT2D eigenvalue weighted by molar-refractivity contribution is -0.143. The number of carbonyl (C=O) groups excluding carboxylic acids is 1. The minimum atomic E-state index is -0.403. The fourth-order valence-corrected chi connectivity index (χ4v) is 4.34. The van der Waals surface area contributed by atoms with E-state index in [1.54, 1.807) is 6.07 Å². The van der Waals surface area contributed by atoms with E-state index in [2.05, 4.69) is 4.90 Å². The number of hydrogen-bond donors (Lipinski definition) is 0. The van der Waals surface area contributed by atoms with Crippen molar-refractivity contribution in [3.8, 4) is 5.75 Å². The van der Waals surface area contributed by atoms with E-state index < -0.39 is 5.63 Å². The van der Waals surface area contributed by atoms with Crippen molar-refractivity contribution in [3.63, 3.8) is 0 Å². The molecule has 8 heteroatoms. The second-order valence-electron chi connectivity index (χ2n) is 8.20. The second-order valence-corrected chi connectivity index (χ2v) is 9.01. The van der Waals surface area contributed by atoms with Gasteiger partial charge in [-0.2, -0.15) is 0 Å². The SMILES string of the molecule is CCCOC(=O)CCc1cc2c(C)cc(=O)oc2c2c1OCN(Cc1ccc(Cl)c(Cl)c1)C2. The molecule has 2 aromatic carbocycles. The van der Waals surface area contributed by atoms with Gasteiger partial charge >= 0.3 is 11.6 Å². The molecule has 33 heavy (non-hydrogen) atoms. The van der Waals surface area contributed by atoms with Crippen LogP contribution < -0.4 is 10.4 Å². The Kier molecular flexibility index (Phi) is 7.27. The van der Waals surface area contributed by atoms with Gasteiger partial charge in [0.2, 0.25) is 0 Å². The number of nitrogens with zero attached hydrogens (tertiary/aromatic N) is 1. The molecule has 6 nitrogen and oxygen atoms in total. The molecular formula is C25H25Cl2NO5. The highest BCUT2D eigenvalue weighted by molar-refractivity contribution is 6.42. The van der Waals surface area contributed by atoms with Gasteiger partial charge < -0.3 is 13.9 Å². The van der Waals surface area contributed by atoms with E-state index in [4.69, 9.17) is 37.1 Å². The lowest BCUT2D eigenvalue weighted by Gasteiger charge is -2.31. The number of fused-ring (bicyclic) bond motifs is 3. The largest absolute Gasteiger partial charge is 0.477 e. The third-order valence-electron chi connectivity index (χ3n) is 5.59. The smallest absolute Gasteiger partial charge is 0.336 e. The predicted molar refractivity (Wildman–Crippen MR) is 128 cm³/mol. The first kappa shape index (κ1) is 23.6. The average Bonchev–Trinajstić information content (AvgIpc) is 2.79. The number of ether oxygens (including phenoxy) is 2. The second kappa shape index (κ2) is 10.2. The first-order valence-electron chi connectivity index (χ1n) is 10.9. The Morgan fingerprint density at radius 2 is 2.00 bits per heavy atom. The summed E-state index contributed by atoms with van der Waals surface area (Å²) < 4.78 is 17.0. The summed E-state index contributed by atoms with van der Waals surface area (Å²) >= 11 is 12.2. The highest BCUT2D eigenvalue weighted by Gasteiger charge is 2.26. The molecule has 0 aliphatic carbocycles. The van der Waals surface area contributed by atoms with Crippen LogP contribution in [0.4, 0.5) is 0 Å². The number of rotatable bonds is 7. The zero-order valence-electron chi connectivity index (χ0n) is 18.6. The van der Waals surface area contributed by atoms with Crippen LogP contribution in [0.2, 0.25) is 10.0 Å². The molecule has 1 aromatic heterocycles. The maximum absolute atomic E-state index is 12.1. The third kappa shape index (κ3) is 5.35. The zero-order valence-corrected chi connectivity index (χ0v) is 20.1. The Morgan fingerprint density at radius 3 is 2.76 bits per heavy atom. The van der Waals surface area contributed by atoms with Gasteiger partial charge in [-0.3, -0.25) is 9.69 Å². The summed E-state index contributed by atoms with van der Waals surface area (Å²) in [4.78, 5) is 26.3. The van der Waals surface area contributed by atoms with Gasteiger partial charge in [-0.25, -0.2) is 4.79 Å². The van der Waals surface area contributed by atoms with E-state index >= 15 is 0 Å². The highest BCUT2D eigenvalue weighted by atomic mass is 35.5. The topological polar surface area (TPSA) is 69.0 Å². The van der Waals surface area contributed by atoms with Crippen LogP contribution in [0.3, 0.4) is 0 Å². The number of benzene rings is 2. The van der Waals surface area contributed by atoms with Crippen LogP contribution in [-0.4, -0.2) is 24.2 Å². The Hall–Kier alpha value is -2.54. The summed E-state index contributed by atoms with van der Waals surface area (Å²) in [6.45, 7) is 5.71. The molecule has 0 fully saturated rings. The van der Waals surface area contributed by atoms with E-state index in [1.807, 2.05) is 32.0 Å². The Morgan fingerprint density at radius 1 is 1.18 bits per heavy atom. The summed E-state index contributed by atoms with van der Waals surface area (Å²) in [6, 6.07) is 8.95. The standard InChI is InChI=1S/C25H25Cl2NO5/c1-3-8-31-22(29)7-5-17-11-18-15(2)9-23(30)33-25(18)19-13-28(14-32-24(17)19)12-16-4-6-20(26)21(27)10-16/h4,6,9-11H,3,5,7-8,12-14H2,1-2H3. The summed E-state index contributed by atoms with van der Waals surface area (Å²) in [5, 5.41) is 1.84.